The fourth-order valence-corrected chi connectivity index (χ4v) is 3.95. The number of hydroxylamine groups is 1. The molecule has 34 heavy (non-hydrogen) atoms. The van der Waals surface area contributed by atoms with Crippen LogP contribution >= 0.6 is 27.5 Å². The summed E-state index contributed by atoms with van der Waals surface area (Å²) in [5.74, 6) is -1.47. The second kappa shape index (κ2) is 10.7. The number of anilines is 2. The number of halogens is 3. The van der Waals surface area contributed by atoms with Crippen LogP contribution in [0.3, 0.4) is 0 Å². The molecular weight excluding hydrogens is 531 g/mol. The lowest BCUT2D eigenvalue weighted by atomic mass is 10.1. The summed E-state index contributed by atoms with van der Waals surface area (Å²) in [5.41, 5.74) is 3.60. The molecule has 0 bridgehead atoms. The van der Waals surface area contributed by atoms with Crippen LogP contribution in [0.5, 0.6) is 0 Å². The van der Waals surface area contributed by atoms with Gasteiger partial charge in [0, 0.05) is 10.7 Å². The molecule has 2 aromatic carbocycles. The Bertz CT molecular complexity index is 1350. The monoisotopic (exact) mass is 546 g/mol. The van der Waals surface area contributed by atoms with Crippen molar-refractivity contribution in [2.24, 2.45) is 5.18 Å². The van der Waals surface area contributed by atoms with Gasteiger partial charge in [-0.1, -0.05) is 38.8 Å². The van der Waals surface area contributed by atoms with E-state index in [1.54, 1.807) is 35.0 Å². The SMILES string of the molecule is O=NCCONC(=O)c1cc2c(ncn2Cc2ccccn2)c(F)c1Nc1ccc(Br)cc1Cl. The molecule has 0 aliphatic heterocycles. The van der Waals surface area contributed by atoms with Gasteiger partial charge in [-0.3, -0.25) is 14.6 Å². The molecule has 9 nitrogen and oxygen atoms in total. The van der Waals surface area contributed by atoms with Gasteiger partial charge in [-0.05, 0) is 36.4 Å². The number of hydrogen-bond donors (Lipinski definition) is 2. The summed E-state index contributed by atoms with van der Waals surface area (Å²) in [4.78, 5) is 36.6. The fraction of sp³-hybridized carbons (Fsp3) is 0.136. The molecule has 0 aliphatic rings. The van der Waals surface area contributed by atoms with Crippen molar-refractivity contribution in [3.05, 3.63) is 86.5 Å². The average Bonchev–Trinajstić information content (AvgIpc) is 3.23. The van der Waals surface area contributed by atoms with Gasteiger partial charge in [-0.2, -0.15) is 4.91 Å². The molecule has 0 unspecified atom stereocenters. The Labute approximate surface area is 206 Å². The highest BCUT2D eigenvalue weighted by atomic mass is 79.9. The normalized spacial score (nSPS) is 10.9. The van der Waals surface area contributed by atoms with Crippen LogP contribution in [-0.4, -0.2) is 33.6 Å². The van der Waals surface area contributed by atoms with Crippen molar-refractivity contribution >= 4 is 55.8 Å². The summed E-state index contributed by atoms with van der Waals surface area (Å²) >= 11 is 9.61. The van der Waals surface area contributed by atoms with E-state index in [1.807, 2.05) is 12.1 Å². The highest BCUT2D eigenvalue weighted by Crippen LogP contribution is 2.34. The van der Waals surface area contributed by atoms with Gasteiger partial charge in [-0.25, -0.2) is 14.9 Å². The van der Waals surface area contributed by atoms with Gasteiger partial charge in [0.05, 0.1) is 52.7 Å². The molecule has 4 aromatic rings. The number of benzene rings is 2. The van der Waals surface area contributed by atoms with Gasteiger partial charge in [0.2, 0.25) is 0 Å². The van der Waals surface area contributed by atoms with Gasteiger partial charge in [0.1, 0.15) is 12.1 Å². The molecule has 2 heterocycles. The van der Waals surface area contributed by atoms with Crippen molar-refractivity contribution in [2.75, 3.05) is 18.5 Å². The number of carbonyl (C=O) groups is 1. The molecule has 0 atom stereocenters. The van der Waals surface area contributed by atoms with E-state index in [1.165, 1.54) is 12.4 Å². The maximum Gasteiger partial charge on any atom is 0.277 e. The number of fused-ring (bicyclic) bond motifs is 1. The predicted molar refractivity (Wildman–Crippen MR) is 130 cm³/mol. The summed E-state index contributed by atoms with van der Waals surface area (Å²) in [6, 6.07) is 12.0. The largest absolute Gasteiger partial charge is 0.351 e. The highest BCUT2D eigenvalue weighted by Gasteiger charge is 2.23. The lowest BCUT2D eigenvalue weighted by Gasteiger charge is -2.15. The number of hydrogen-bond acceptors (Lipinski definition) is 7. The summed E-state index contributed by atoms with van der Waals surface area (Å²) in [6.07, 6.45) is 3.14. The Balaban J connectivity index is 1.77. The van der Waals surface area contributed by atoms with E-state index in [-0.39, 0.29) is 29.9 Å². The van der Waals surface area contributed by atoms with Gasteiger partial charge >= 0.3 is 0 Å². The van der Waals surface area contributed by atoms with Crippen molar-refractivity contribution in [2.45, 2.75) is 6.54 Å². The number of rotatable bonds is 9. The maximum atomic E-state index is 15.7. The number of amides is 1. The number of pyridine rings is 1. The first kappa shape index (κ1) is 23.7. The number of nitrogens with zero attached hydrogens (tertiary/aromatic N) is 4. The van der Waals surface area contributed by atoms with Gasteiger partial charge < -0.3 is 9.88 Å². The van der Waals surface area contributed by atoms with E-state index < -0.39 is 11.7 Å². The molecule has 0 aliphatic carbocycles. The molecule has 2 aromatic heterocycles. The molecule has 1 amide bonds. The lowest BCUT2D eigenvalue weighted by Crippen LogP contribution is -2.26. The molecule has 0 spiro atoms. The molecular formula is C22H17BrClFN6O3. The summed E-state index contributed by atoms with van der Waals surface area (Å²) < 4.78 is 18.1. The van der Waals surface area contributed by atoms with Gasteiger partial charge in [-0.15, -0.1) is 0 Å². The minimum Gasteiger partial charge on any atom is -0.351 e. The van der Waals surface area contributed by atoms with Crippen molar-refractivity contribution in [1.29, 1.82) is 0 Å². The van der Waals surface area contributed by atoms with Crippen LogP contribution in [-0.2, 0) is 11.4 Å². The second-order valence-corrected chi connectivity index (χ2v) is 8.38. The smallest absolute Gasteiger partial charge is 0.277 e. The zero-order valence-electron chi connectivity index (χ0n) is 17.5. The summed E-state index contributed by atoms with van der Waals surface area (Å²) in [6.45, 7) is 0.0493. The van der Waals surface area contributed by atoms with Crippen molar-refractivity contribution in [3.8, 4) is 0 Å². The third-order valence-corrected chi connectivity index (χ3v) is 5.61. The number of aromatic nitrogens is 3. The van der Waals surface area contributed by atoms with E-state index in [2.05, 4.69) is 41.9 Å². The standard InChI is InChI=1S/C22H17BrClFN6O3/c23-13-4-5-17(16(24)9-13)29-20-15(22(32)30-34-8-7-28-33)10-18-21(19(20)25)27-12-31(18)11-14-3-1-2-6-26-14/h1-6,9-10,12,29H,7-8,11H2,(H,30,32). The molecule has 0 saturated carbocycles. The first-order valence-electron chi connectivity index (χ1n) is 9.98. The summed E-state index contributed by atoms with van der Waals surface area (Å²) in [7, 11) is 0. The fourth-order valence-electron chi connectivity index (χ4n) is 3.23. The zero-order valence-corrected chi connectivity index (χ0v) is 19.8. The van der Waals surface area contributed by atoms with E-state index in [0.717, 1.165) is 10.2 Å². The minimum atomic E-state index is -0.740. The van der Waals surface area contributed by atoms with E-state index >= 15 is 4.39 Å². The number of nitrogens with one attached hydrogen (secondary N) is 2. The average molecular weight is 548 g/mol. The number of nitroso groups, excluding NO2 is 1. The molecule has 2 N–H and O–H groups in total. The van der Waals surface area contributed by atoms with Gasteiger partial charge in [0.25, 0.3) is 5.91 Å². The Morgan fingerprint density at radius 3 is 2.82 bits per heavy atom. The summed E-state index contributed by atoms with van der Waals surface area (Å²) in [5, 5.41) is 5.87. The topological polar surface area (TPSA) is 110 Å². The Hall–Kier alpha value is -3.41. The van der Waals surface area contributed by atoms with Crippen LogP contribution in [0, 0.1) is 10.7 Å². The minimum absolute atomic E-state index is 0.0502. The molecule has 174 valence electrons. The molecule has 0 fully saturated rings. The molecule has 4 rings (SSSR count). The van der Waals surface area contributed by atoms with Crippen molar-refractivity contribution < 1.29 is 14.0 Å². The van der Waals surface area contributed by atoms with E-state index in [4.69, 9.17) is 16.4 Å². The quantitative estimate of drug-likeness (QED) is 0.169. The third-order valence-electron chi connectivity index (χ3n) is 4.80. The van der Waals surface area contributed by atoms with Crippen molar-refractivity contribution in [3.63, 3.8) is 0 Å². The van der Waals surface area contributed by atoms with Crippen LogP contribution in [0.4, 0.5) is 15.8 Å². The Morgan fingerprint density at radius 2 is 2.09 bits per heavy atom. The van der Waals surface area contributed by atoms with E-state index in [9.17, 15) is 9.70 Å². The first-order valence-corrected chi connectivity index (χ1v) is 11.2. The molecule has 0 saturated heterocycles. The van der Waals surface area contributed by atoms with Crippen LogP contribution in [0.25, 0.3) is 11.0 Å². The number of imidazole rings is 1. The third kappa shape index (κ3) is 5.22. The van der Waals surface area contributed by atoms with Gasteiger partial charge in [0.15, 0.2) is 5.82 Å². The molecule has 12 heteroatoms. The predicted octanol–water partition coefficient (Wildman–Crippen LogP) is 5.21. The molecule has 0 radical (unpaired) electrons. The second-order valence-electron chi connectivity index (χ2n) is 7.06. The van der Waals surface area contributed by atoms with Crippen molar-refractivity contribution in [1.82, 2.24) is 20.0 Å². The zero-order chi connectivity index (χ0) is 24.1. The Morgan fingerprint density at radius 1 is 1.24 bits per heavy atom. The first-order chi connectivity index (χ1) is 16.5. The Kier molecular flexibility index (Phi) is 7.46. The maximum absolute atomic E-state index is 15.7. The highest BCUT2D eigenvalue weighted by molar-refractivity contribution is 9.10. The number of carbonyl (C=O) groups excluding carboxylic acids is 1. The van der Waals surface area contributed by atoms with E-state index in [0.29, 0.717) is 22.8 Å². The van der Waals surface area contributed by atoms with Crippen LogP contribution in [0.15, 0.2) is 64.6 Å². The van der Waals surface area contributed by atoms with Crippen LogP contribution in [0.2, 0.25) is 5.02 Å². The van der Waals surface area contributed by atoms with Crippen LogP contribution in [0.1, 0.15) is 16.1 Å². The van der Waals surface area contributed by atoms with Crippen LogP contribution < -0.4 is 10.8 Å². The lowest BCUT2D eigenvalue weighted by molar-refractivity contribution is 0.0344.